The Morgan fingerprint density at radius 2 is 2.11 bits per heavy atom. The molecule has 0 spiro atoms. The fourth-order valence-corrected chi connectivity index (χ4v) is 3.89. The van der Waals surface area contributed by atoms with E-state index in [0.29, 0.717) is 24.0 Å². The van der Waals surface area contributed by atoms with Gasteiger partial charge in [-0.1, -0.05) is 26.0 Å². The van der Waals surface area contributed by atoms with Crippen LogP contribution in [0.1, 0.15) is 50.7 Å². The van der Waals surface area contributed by atoms with Crippen molar-refractivity contribution in [1.82, 2.24) is 9.88 Å². The number of rotatable bonds is 6. The van der Waals surface area contributed by atoms with Crippen molar-refractivity contribution in [2.45, 2.75) is 58.6 Å². The highest BCUT2D eigenvalue weighted by atomic mass is 32.1. The highest BCUT2D eigenvalue weighted by Crippen LogP contribution is 2.27. The van der Waals surface area contributed by atoms with Crippen LogP contribution in [0.4, 0.5) is 5.13 Å². The molecule has 2 atom stereocenters. The van der Waals surface area contributed by atoms with Crippen molar-refractivity contribution in [3.05, 3.63) is 40.9 Å². The van der Waals surface area contributed by atoms with Gasteiger partial charge >= 0.3 is 0 Å². The Morgan fingerprint density at radius 1 is 1.32 bits per heavy atom. The van der Waals surface area contributed by atoms with Crippen LogP contribution in [0.25, 0.3) is 0 Å². The zero-order valence-corrected chi connectivity index (χ0v) is 17.6. The number of carbonyl (C=O) groups is 2. The van der Waals surface area contributed by atoms with Crippen LogP contribution in [0.15, 0.2) is 29.8 Å². The minimum Gasteiger partial charge on any atom is -0.481 e. The summed E-state index contributed by atoms with van der Waals surface area (Å²) >= 11 is 1.36. The van der Waals surface area contributed by atoms with E-state index in [1.807, 2.05) is 19.1 Å². The number of thiazole rings is 1. The first-order chi connectivity index (χ1) is 13.4. The summed E-state index contributed by atoms with van der Waals surface area (Å²) in [7, 11) is 0. The van der Waals surface area contributed by atoms with Gasteiger partial charge in [0, 0.05) is 18.1 Å². The van der Waals surface area contributed by atoms with Gasteiger partial charge < -0.3 is 15.0 Å². The number of anilines is 1. The fraction of sp³-hybridized carbons (Fsp3) is 0.476. The molecule has 0 radical (unpaired) electrons. The molecule has 28 heavy (non-hydrogen) atoms. The lowest BCUT2D eigenvalue weighted by Crippen LogP contribution is -2.48. The predicted octanol–water partition coefficient (Wildman–Crippen LogP) is 3.97. The molecule has 1 aliphatic heterocycles. The number of aryl methyl sites for hydroxylation is 1. The summed E-state index contributed by atoms with van der Waals surface area (Å²) in [5.74, 6) is 0.749. The molecule has 1 aliphatic rings. The number of hydrogen-bond donors (Lipinski definition) is 1. The van der Waals surface area contributed by atoms with Crippen LogP contribution < -0.4 is 10.1 Å². The number of amides is 2. The number of nitrogens with zero attached hydrogens (tertiary/aromatic N) is 2. The van der Waals surface area contributed by atoms with Gasteiger partial charge in [0.25, 0.3) is 5.91 Å². The maximum absolute atomic E-state index is 13.0. The van der Waals surface area contributed by atoms with Crippen molar-refractivity contribution in [2.75, 3.05) is 11.9 Å². The summed E-state index contributed by atoms with van der Waals surface area (Å²) in [6.07, 6.45) is 2.43. The summed E-state index contributed by atoms with van der Waals surface area (Å²) in [5.41, 5.74) is 2.16. The van der Waals surface area contributed by atoms with E-state index in [9.17, 15) is 9.59 Å². The summed E-state index contributed by atoms with van der Waals surface area (Å²) in [5, 5.41) is 5.15. The Hall–Kier alpha value is -2.41. The Labute approximate surface area is 169 Å². The Balaban J connectivity index is 1.68. The monoisotopic (exact) mass is 401 g/mol. The Bertz CT molecular complexity index is 835. The molecule has 0 saturated carbocycles. The van der Waals surface area contributed by atoms with Crippen LogP contribution in [0.3, 0.4) is 0 Å². The van der Waals surface area contributed by atoms with E-state index in [4.69, 9.17) is 4.74 Å². The molecule has 1 saturated heterocycles. The number of hydrogen-bond acceptors (Lipinski definition) is 5. The number of benzene rings is 1. The van der Waals surface area contributed by atoms with Crippen molar-refractivity contribution in [2.24, 2.45) is 0 Å². The Morgan fingerprint density at radius 3 is 2.79 bits per heavy atom. The quantitative estimate of drug-likeness (QED) is 0.795. The molecule has 1 aromatic carbocycles. The minimum absolute atomic E-state index is 0.161. The topological polar surface area (TPSA) is 71.5 Å². The van der Waals surface area contributed by atoms with Gasteiger partial charge in [-0.05, 0) is 49.8 Å². The zero-order valence-electron chi connectivity index (χ0n) is 16.8. The molecule has 2 unspecified atom stereocenters. The Kier molecular flexibility index (Phi) is 6.34. The summed E-state index contributed by atoms with van der Waals surface area (Å²) < 4.78 is 6.01. The third-order valence-electron chi connectivity index (χ3n) is 5.03. The van der Waals surface area contributed by atoms with Gasteiger partial charge in [0.2, 0.25) is 5.91 Å². The third-order valence-corrected chi connectivity index (χ3v) is 5.72. The molecular formula is C21H27N3O3S. The average molecular weight is 402 g/mol. The summed E-state index contributed by atoms with van der Waals surface area (Å²) in [6.45, 7) is 8.53. The standard InChI is InChI=1S/C21H27N3O3S/c1-13(2)16-8-7-14(3)18(12-16)27-15(4)20(26)24-10-5-6-17(24)19(25)23-21-22-9-11-28-21/h7-9,11-13,15,17H,5-6,10H2,1-4H3,(H,22,23,25). The second-order valence-corrected chi connectivity index (χ2v) is 8.35. The van der Waals surface area contributed by atoms with Gasteiger partial charge in [-0.25, -0.2) is 4.98 Å². The normalized spacial score (nSPS) is 17.6. The first kappa shape index (κ1) is 20.3. The number of nitrogens with one attached hydrogen (secondary N) is 1. The van der Waals surface area contributed by atoms with Crippen LogP contribution in [0.2, 0.25) is 0 Å². The number of carbonyl (C=O) groups excluding carboxylic acids is 2. The highest BCUT2D eigenvalue weighted by Gasteiger charge is 2.37. The maximum atomic E-state index is 13.0. The number of ether oxygens (including phenoxy) is 1. The average Bonchev–Trinajstić information content (AvgIpc) is 3.34. The van der Waals surface area contributed by atoms with Crippen molar-refractivity contribution < 1.29 is 14.3 Å². The van der Waals surface area contributed by atoms with Crippen LogP contribution >= 0.6 is 11.3 Å². The van der Waals surface area contributed by atoms with Crippen molar-refractivity contribution in [3.63, 3.8) is 0 Å². The molecule has 2 aromatic rings. The number of likely N-dealkylation sites (tertiary alicyclic amines) is 1. The van der Waals surface area contributed by atoms with Crippen LogP contribution in [0, 0.1) is 6.92 Å². The predicted molar refractivity (Wildman–Crippen MR) is 111 cm³/mol. The van der Waals surface area contributed by atoms with Crippen LogP contribution in [0.5, 0.6) is 5.75 Å². The highest BCUT2D eigenvalue weighted by molar-refractivity contribution is 7.13. The molecule has 1 N–H and O–H groups in total. The number of aromatic nitrogens is 1. The molecule has 6 nitrogen and oxygen atoms in total. The van der Waals surface area contributed by atoms with Crippen molar-refractivity contribution in [1.29, 1.82) is 0 Å². The minimum atomic E-state index is -0.658. The molecule has 1 fully saturated rings. The summed E-state index contributed by atoms with van der Waals surface area (Å²) in [6, 6.07) is 5.62. The van der Waals surface area contributed by atoms with Gasteiger partial charge in [-0.3, -0.25) is 9.59 Å². The lowest BCUT2D eigenvalue weighted by atomic mass is 10.0. The van der Waals surface area contributed by atoms with Crippen molar-refractivity contribution in [3.8, 4) is 5.75 Å². The first-order valence-corrected chi connectivity index (χ1v) is 10.5. The molecule has 2 heterocycles. The maximum Gasteiger partial charge on any atom is 0.264 e. The lowest BCUT2D eigenvalue weighted by Gasteiger charge is -2.27. The smallest absolute Gasteiger partial charge is 0.264 e. The van der Waals surface area contributed by atoms with Crippen LogP contribution in [-0.2, 0) is 9.59 Å². The zero-order chi connectivity index (χ0) is 20.3. The molecule has 3 rings (SSSR count). The molecular weight excluding hydrogens is 374 g/mol. The molecule has 150 valence electrons. The molecule has 0 bridgehead atoms. The summed E-state index contributed by atoms with van der Waals surface area (Å²) in [4.78, 5) is 31.3. The molecule has 1 aromatic heterocycles. The van der Waals surface area contributed by atoms with Gasteiger partial charge in [0.15, 0.2) is 11.2 Å². The van der Waals surface area contributed by atoms with Gasteiger partial charge in [0.05, 0.1) is 0 Å². The third kappa shape index (κ3) is 4.52. The van der Waals surface area contributed by atoms with E-state index in [0.717, 1.165) is 17.7 Å². The lowest BCUT2D eigenvalue weighted by molar-refractivity contribution is -0.142. The fourth-order valence-electron chi connectivity index (χ4n) is 3.35. The molecule has 7 heteroatoms. The second kappa shape index (κ2) is 8.73. The first-order valence-electron chi connectivity index (χ1n) is 9.65. The van der Waals surface area contributed by atoms with E-state index in [2.05, 4.69) is 30.2 Å². The van der Waals surface area contributed by atoms with Gasteiger partial charge in [-0.2, -0.15) is 0 Å². The van der Waals surface area contributed by atoms with Gasteiger partial charge in [0.1, 0.15) is 11.8 Å². The van der Waals surface area contributed by atoms with E-state index in [1.165, 1.54) is 16.9 Å². The van der Waals surface area contributed by atoms with E-state index in [-0.39, 0.29) is 11.8 Å². The van der Waals surface area contributed by atoms with Crippen LogP contribution in [-0.4, -0.2) is 40.4 Å². The molecule has 2 amide bonds. The molecule has 0 aliphatic carbocycles. The van der Waals surface area contributed by atoms with E-state index in [1.54, 1.807) is 23.4 Å². The SMILES string of the molecule is Cc1ccc(C(C)C)cc1OC(C)C(=O)N1CCCC1C(=O)Nc1nccs1. The largest absolute Gasteiger partial charge is 0.481 e. The van der Waals surface area contributed by atoms with E-state index < -0.39 is 12.1 Å². The second-order valence-electron chi connectivity index (χ2n) is 7.46. The van der Waals surface area contributed by atoms with E-state index >= 15 is 0 Å². The van der Waals surface area contributed by atoms with Crippen molar-refractivity contribution >= 4 is 28.3 Å². The van der Waals surface area contributed by atoms with Gasteiger partial charge in [-0.15, -0.1) is 11.3 Å².